The van der Waals surface area contributed by atoms with Gasteiger partial charge in [0.1, 0.15) is 6.61 Å². The molecule has 0 bridgehead atoms. The van der Waals surface area contributed by atoms with E-state index in [4.69, 9.17) is 4.74 Å². The van der Waals surface area contributed by atoms with Crippen LogP contribution in [-0.4, -0.2) is 23.4 Å². The van der Waals surface area contributed by atoms with Gasteiger partial charge in [-0.2, -0.15) is 0 Å². The number of para-hydroxylation sites is 1. The summed E-state index contributed by atoms with van der Waals surface area (Å²) in [4.78, 5) is 28.2. The number of nitrogens with one attached hydrogen (secondary N) is 1. The van der Waals surface area contributed by atoms with E-state index in [2.05, 4.69) is 16.4 Å². The summed E-state index contributed by atoms with van der Waals surface area (Å²) in [5, 5.41) is 5.89. The van der Waals surface area contributed by atoms with Crippen LogP contribution in [0.1, 0.15) is 18.5 Å². The third-order valence-electron chi connectivity index (χ3n) is 4.64. The molecule has 2 aromatic carbocycles. The highest BCUT2D eigenvalue weighted by molar-refractivity contribution is 6.06. The molecule has 0 unspecified atom stereocenters. The molecule has 1 saturated heterocycles. The third-order valence-corrected chi connectivity index (χ3v) is 4.64. The second kappa shape index (κ2) is 6.51. The molecule has 1 amide bonds. The predicted octanol–water partition coefficient (Wildman–Crippen LogP) is 2.96. The summed E-state index contributed by atoms with van der Waals surface area (Å²) in [7, 11) is 0. The van der Waals surface area contributed by atoms with Crippen LogP contribution in [0.25, 0.3) is 21.7 Å². The Morgan fingerprint density at radius 1 is 1.08 bits per heavy atom. The van der Waals surface area contributed by atoms with Crippen LogP contribution in [0.5, 0.6) is 0 Å². The van der Waals surface area contributed by atoms with E-state index >= 15 is 0 Å². The fourth-order valence-electron chi connectivity index (χ4n) is 3.28. The number of ether oxygens (including phenoxy) is 1. The van der Waals surface area contributed by atoms with Crippen LogP contribution in [0.4, 0.5) is 0 Å². The number of esters is 1. The summed E-state index contributed by atoms with van der Waals surface area (Å²) in [6.07, 6.45) is 0.910. The fraction of sp³-hybridized carbons (Fsp3) is 0.250. The van der Waals surface area contributed by atoms with Crippen molar-refractivity contribution in [1.29, 1.82) is 0 Å². The fourth-order valence-corrected chi connectivity index (χ4v) is 3.28. The molecule has 1 aliphatic rings. The summed E-state index contributed by atoms with van der Waals surface area (Å²) in [6.45, 7) is 0.484. The zero-order valence-electron chi connectivity index (χ0n) is 13.7. The number of hydrogen-bond donors (Lipinski definition) is 1. The Bertz CT molecular complexity index is 957. The van der Waals surface area contributed by atoms with Gasteiger partial charge in [-0.3, -0.25) is 9.59 Å². The van der Waals surface area contributed by atoms with E-state index < -0.39 is 0 Å². The minimum atomic E-state index is -0.279. The van der Waals surface area contributed by atoms with Crippen molar-refractivity contribution in [2.45, 2.75) is 19.4 Å². The van der Waals surface area contributed by atoms with Gasteiger partial charge >= 0.3 is 5.97 Å². The van der Waals surface area contributed by atoms with Gasteiger partial charge in [-0.05, 0) is 17.9 Å². The first-order chi connectivity index (χ1) is 12.2. The molecule has 1 aromatic heterocycles. The van der Waals surface area contributed by atoms with Gasteiger partial charge in [0.2, 0.25) is 5.91 Å². The summed E-state index contributed by atoms with van der Waals surface area (Å²) in [6, 6.07) is 16.0. The van der Waals surface area contributed by atoms with E-state index in [9.17, 15) is 9.59 Å². The van der Waals surface area contributed by atoms with Crippen LogP contribution >= 0.6 is 0 Å². The van der Waals surface area contributed by atoms with Crippen molar-refractivity contribution in [2.75, 3.05) is 6.54 Å². The lowest BCUT2D eigenvalue weighted by molar-refractivity contribution is -0.151. The van der Waals surface area contributed by atoms with Gasteiger partial charge in [0, 0.05) is 23.7 Å². The average molecular weight is 334 g/mol. The van der Waals surface area contributed by atoms with Crippen molar-refractivity contribution in [3.8, 4) is 0 Å². The topological polar surface area (TPSA) is 68.3 Å². The van der Waals surface area contributed by atoms with Gasteiger partial charge in [0.05, 0.1) is 17.1 Å². The number of carbonyl (C=O) groups is 2. The Labute approximate surface area is 145 Å². The molecular weight excluding hydrogens is 316 g/mol. The van der Waals surface area contributed by atoms with Crippen molar-refractivity contribution in [2.24, 2.45) is 5.92 Å². The minimum absolute atomic E-state index is 0.00811. The van der Waals surface area contributed by atoms with Gasteiger partial charge in [-0.15, -0.1) is 0 Å². The maximum atomic E-state index is 12.3. The van der Waals surface area contributed by atoms with Gasteiger partial charge in [-0.1, -0.05) is 42.5 Å². The monoisotopic (exact) mass is 334 g/mol. The number of amides is 1. The molecule has 3 aromatic rings. The normalized spacial score (nSPS) is 17.4. The highest BCUT2D eigenvalue weighted by Gasteiger charge is 2.26. The molecule has 5 nitrogen and oxygen atoms in total. The molecule has 126 valence electrons. The van der Waals surface area contributed by atoms with E-state index in [0.717, 1.165) is 27.4 Å². The van der Waals surface area contributed by atoms with E-state index in [-0.39, 0.29) is 24.4 Å². The van der Waals surface area contributed by atoms with Crippen LogP contribution in [0, 0.1) is 5.92 Å². The summed E-state index contributed by atoms with van der Waals surface area (Å²) >= 11 is 0. The molecule has 0 spiro atoms. The lowest BCUT2D eigenvalue weighted by Gasteiger charge is -2.21. The van der Waals surface area contributed by atoms with Gasteiger partial charge in [0.25, 0.3) is 0 Å². The van der Waals surface area contributed by atoms with Crippen LogP contribution < -0.4 is 5.32 Å². The third kappa shape index (κ3) is 3.05. The van der Waals surface area contributed by atoms with Crippen LogP contribution in [0.15, 0.2) is 48.5 Å². The van der Waals surface area contributed by atoms with Crippen molar-refractivity contribution < 1.29 is 14.3 Å². The Morgan fingerprint density at radius 2 is 1.80 bits per heavy atom. The molecule has 2 heterocycles. The standard InChI is InChI=1S/C20H18N2O3/c23-19-10-9-13(11-21-19)20(24)25-12-18-16-7-2-1-5-14(16)15-6-3-4-8-17(15)22-18/h1-8,13H,9-12H2,(H,21,23)/t13-/m0/s1. The second-order valence-corrected chi connectivity index (χ2v) is 6.27. The highest BCUT2D eigenvalue weighted by Crippen LogP contribution is 2.27. The van der Waals surface area contributed by atoms with Gasteiger partial charge in [0.15, 0.2) is 0 Å². The maximum absolute atomic E-state index is 12.3. The molecule has 0 radical (unpaired) electrons. The van der Waals surface area contributed by atoms with Crippen LogP contribution in [-0.2, 0) is 20.9 Å². The van der Waals surface area contributed by atoms with E-state index in [0.29, 0.717) is 19.4 Å². The number of fused-ring (bicyclic) bond motifs is 3. The molecular formula is C20H18N2O3. The number of benzene rings is 2. The largest absolute Gasteiger partial charge is 0.459 e. The quantitative estimate of drug-likeness (QED) is 0.591. The zero-order chi connectivity index (χ0) is 17.2. The van der Waals surface area contributed by atoms with Gasteiger partial charge < -0.3 is 10.1 Å². The molecule has 0 aliphatic carbocycles. The number of hydrogen-bond acceptors (Lipinski definition) is 4. The predicted molar refractivity (Wildman–Crippen MR) is 94.8 cm³/mol. The average Bonchev–Trinajstić information content (AvgIpc) is 2.66. The minimum Gasteiger partial charge on any atom is -0.459 e. The SMILES string of the molecule is O=C1CC[C@H](C(=O)OCc2nc3ccccc3c3ccccc23)CN1. The molecule has 25 heavy (non-hydrogen) atoms. The lowest BCUT2D eigenvalue weighted by Crippen LogP contribution is -2.39. The summed E-state index contributed by atoms with van der Waals surface area (Å²) in [5.74, 6) is -0.560. The lowest BCUT2D eigenvalue weighted by atomic mass is 9.99. The number of aromatic nitrogens is 1. The first kappa shape index (κ1) is 15.6. The number of rotatable bonds is 3. The maximum Gasteiger partial charge on any atom is 0.311 e. The number of nitrogens with zero attached hydrogens (tertiary/aromatic N) is 1. The van der Waals surface area contributed by atoms with Crippen molar-refractivity contribution in [3.05, 3.63) is 54.2 Å². The molecule has 1 aliphatic heterocycles. The second-order valence-electron chi connectivity index (χ2n) is 6.27. The Hall–Kier alpha value is -2.95. The molecule has 5 heteroatoms. The molecule has 0 saturated carbocycles. The first-order valence-corrected chi connectivity index (χ1v) is 8.42. The molecule has 1 atom stereocenters. The summed E-state index contributed by atoms with van der Waals surface area (Å²) in [5.41, 5.74) is 1.64. The molecule has 1 N–H and O–H groups in total. The molecule has 1 fully saturated rings. The highest BCUT2D eigenvalue weighted by atomic mass is 16.5. The summed E-state index contributed by atoms with van der Waals surface area (Å²) < 4.78 is 5.51. The van der Waals surface area contributed by atoms with E-state index in [1.54, 1.807) is 0 Å². The van der Waals surface area contributed by atoms with Crippen LogP contribution in [0.3, 0.4) is 0 Å². The van der Waals surface area contributed by atoms with Crippen molar-refractivity contribution >= 4 is 33.6 Å². The van der Waals surface area contributed by atoms with Crippen LogP contribution in [0.2, 0.25) is 0 Å². The van der Waals surface area contributed by atoms with Crippen molar-refractivity contribution in [1.82, 2.24) is 10.3 Å². The number of pyridine rings is 1. The Morgan fingerprint density at radius 3 is 2.56 bits per heavy atom. The Kier molecular flexibility index (Phi) is 4.06. The first-order valence-electron chi connectivity index (χ1n) is 8.42. The van der Waals surface area contributed by atoms with Gasteiger partial charge in [-0.25, -0.2) is 4.98 Å². The van der Waals surface area contributed by atoms with Crippen molar-refractivity contribution in [3.63, 3.8) is 0 Å². The Balaban J connectivity index is 1.60. The molecule has 4 rings (SSSR count). The smallest absolute Gasteiger partial charge is 0.311 e. The number of carbonyl (C=O) groups excluding carboxylic acids is 2. The van der Waals surface area contributed by atoms with E-state index in [1.165, 1.54) is 0 Å². The number of piperidine rings is 1. The zero-order valence-corrected chi connectivity index (χ0v) is 13.7. The van der Waals surface area contributed by atoms with E-state index in [1.807, 2.05) is 42.5 Å².